The average molecular weight is 270 g/mol. The van der Waals surface area contributed by atoms with E-state index in [-0.39, 0.29) is 0 Å². The fraction of sp³-hybridized carbons (Fsp3) is 0.154. The van der Waals surface area contributed by atoms with Crippen LogP contribution in [0.2, 0.25) is 0 Å². The predicted molar refractivity (Wildman–Crippen MR) is 75.9 cm³/mol. The van der Waals surface area contributed by atoms with Gasteiger partial charge >= 0.3 is 0 Å². The maximum atomic E-state index is 12.6. The van der Waals surface area contributed by atoms with Gasteiger partial charge in [-0.05, 0) is 25.0 Å². The molecular weight excluding hydrogens is 259 g/mol. The monoisotopic (exact) mass is 270 g/mol. The van der Waals surface area contributed by atoms with Crippen LogP contribution in [0.1, 0.15) is 12.8 Å². The molecule has 2 radical (unpaired) electrons. The van der Waals surface area contributed by atoms with Gasteiger partial charge in [-0.2, -0.15) is 0 Å². The van der Waals surface area contributed by atoms with Crippen LogP contribution in [-0.2, 0) is 10.0 Å². The third-order valence-corrected chi connectivity index (χ3v) is 4.97. The van der Waals surface area contributed by atoms with E-state index in [1.54, 1.807) is 24.3 Å². The fourth-order valence-electron chi connectivity index (χ4n) is 2.15. The summed E-state index contributed by atoms with van der Waals surface area (Å²) in [7, 11) is 2.26. The van der Waals surface area contributed by atoms with E-state index in [0.717, 1.165) is 6.42 Å². The highest BCUT2D eigenvalue weighted by Gasteiger charge is 2.22. The lowest BCUT2D eigenvalue weighted by molar-refractivity contribution is 0.593. The molecule has 0 aliphatic heterocycles. The summed E-state index contributed by atoms with van der Waals surface area (Å²) in [6, 6.07) is 3.33. The van der Waals surface area contributed by atoms with E-state index in [0.29, 0.717) is 27.8 Å². The normalized spacial score (nSPS) is 15.7. The van der Waals surface area contributed by atoms with Crippen molar-refractivity contribution in [3.05, 3.63) is 47.7 Å². The van der Waals surface area contributed by atoms with Gasteiger partial charge in [0.2, 0.25) is 0 Å². The Morgan fingerprint density at radius 3 is 2.89 bits per heavy atom. The number of pyridine rings is 1. The molecule has 1 aliphatic rings. The molecule has 4 nitrogen and oxygen atoms in total. The zero-order valence-electron chi connectivity index (χ0n) is 10.2. The van der Waals surface area contributed by atoms with Crippen molar-refractivity contribution < 1.29 is 8.42 Å². The molecule has 0 amide bonds. The second kappa shape index (κ2) is 4.38. The molecule has 0 spiro atoms. The minimum absolute atomic E-state index is 0.371. The van der Waals surface area contributed by atoms with E-state index in [1.165, 1.54) is 16.4 Å². The van der Waals surface area contributed by atoms with Crippen LogP contribution in [0.4, 0.5) is 0 Å². The molecule has 0 saturated heterocycles. The van der Waals surface area contributed by atoms with Gasteiger partial charge in [-0.25, -0.2) is 17.4 Å². The lowest BCUT2D eigenvalue weighted by atomic mass is 9.95. The summed E-state index contributed by atoms with van der Waals surface area (Å²) in [6.07, 6.45) is 9.62. The molecule has 0 N–H and O–H groups in total. The van der Waals surface area contributed by atoms with Gasteiger partial charge in [0.25, 0.3) is 10.0 Å². The van der Waals surface area contributed by atoms with Crippen molar-refractivity contribution in [2.24, 2.45) is 0 Å². The molecule has 19 heavy (non-hydrogen) atoms. The molecule has 0 aromatic carbocycles. The standard InChI is InChI=1S/C13H11BN2O2S/c14-12-6-8-15-13-11(12)7-9-16(13)19(17,18)10-4-2-1-3-5-10/h1-2,4,6-9H,3,5H2. The third-order valence-electron chi connectivity index (χ3n) is 3.15. The van der Waals surface area contributed by atoms with Gasteiger partial charge in [-0.15, -0.1) is 0 Å². The van der Waals surface area contributed by atoms with Crippen molar-refractivity contribution in [2.75, 3.05) is 0 Å². The van der Waals surface area contributed by atoms with Crippen LogP contribution in [-0.4, -0.2) is 25.2 Å². The number of hydrogen-bond donors (Lipinski definition) is 0. The smallest absolute Gasteiger partial charge is 0.237 e. The Hall–Kier alpha value is -1.82. The molecule has 2 aromatic heterocycles. The maximum absolute atomic E-state index is 12.6. The Morgan fingerprint density at radius 2 is 2.16 bits per heavy atom. The summed E-state index contributed by atoms with van der Waals surface area (Å²) >= 11 is 0. The molecule has 94 valence electrons. The van der Waals surface area contributed by atoms with E-state index in [1.807, 2.05) is 6.08 Å². The predicted octanol–water partition coefficient (Wildman–Crippen LogP) is 1.24. The summed E-state index contributed by atoms with van der Waals surface area (Å²) in [4.78, 5) is 4.52. The molecule has 2 heterocycles. The first-order chi connectivity index (χ1) is 9.10. The first kappa shape index (κ1) is 12.2. The summed E-state index contributed by atoms with van der Waals surface area (Å²) in [5.74, 6) is 0. The third kappa shape index (κ3) is 1.92. The highest BCUT2D eigenvalue weighted by Crippen LogP contribution is 2.23. The van der Waals surface area contributed by atoms with Gasteiger partial charge in [0.15, 0.2) is 5.65 Å². The summed E-state index contributed by atoms with van der Waals surface area (Å²) in [5.41, 5.74) is 0.895. The molecule has 0 fully saturated rings. The van der Waals surface area contributed by atoms with E-state index in [9.17, 15) is 8.42 Å². The maximum Gasteiger partial charge on any atom is 0.265 e. The topological polar surface area (TPSA) is 52.0 Å². The van der Waals surface area contributed by atoms with Crippen molar-refractivity contribution >= 4 is 34.4 Å². The number of aromatic nitrogens is 2. The number of rotatable bonds is 2. The van der Waals surface area contributed by atoms with Crippen LogP contribution < -0.4 is 5.46 Å². The van der Waals surface area contributed by atoms with Crippen LogP contribution in [0, 0.1) is 0 Å². The quantitative estimate of drug-likeness (QED) is 0.771. The molecular formula is C13H11BN2O2S. The lowest BCUT2D eigenvalue weighted by Crippen LogP contribution is -2.16. The Morgan fingerprint density at radius 1 is 1.32 bits per heavy atom. The Labute approximate surface area is 112 Å². The average Bonchev–Trinajstić information content (AvgIpc) is 2.86. The summed E-state index contributed by atoms with van der Waals surface area (Å²) < 4.78 is 26.3. The molecule has 6 heteroatoms. The van der Waals surface area contributed by atoms with Gasteiger partial charge in [0.05, 0.1) is 4.91 Å². The van der Waals surface area contributed by atoms with Crippen LogP contribution in [0.3, 0.4) is 0 Å². The van der Waals surface area contributed by atoms with E-state index in [4.69, 9.17) is 7.85 Å². The lowest BCUT2D eigenvalue weighted by Gasteiger charge is -2.12. The number of hydrogen-bond acceptors (Lipinski definition) is 3. The minimum atomic E-state index is -3.55. The number of nitrogens with zero attached hydrogens (tertiary/aromatic N) is 2. The fourth-order valence-corrected chi connectivity index (χ4v) is 3.62. The molecule has 2 aromatic rings. The van der Waals surface area contributed by atoms with Gasteiger partial charge in [0.1, 0.15) is 7.85 Å². The second-order valence-electron chi connectivity index (χ2n) is 4.35. The molecule has 0 saturated carbocycles. The van der Waals surface area contributed by atoms with Crippen LogP contribution >= 0.6 is 0 Å². The molecule has 0 unspecified atom stereocenters. The minimum Gasteiger partial charge on any atom is -0.237 e. The summed E-state index contributed by atoms with van der Waals surface area (Å²) in [6.45, 7) is 0. The van der Waals surface area contributed by atoms with E-state index in [2.05, 4.69) is 4.98 Å². The summed E-state index contributed by atoms with van der Waals surface area (Å²) in [5, 5.41) is 0.651. The van der Waals surface area contributed by atoms with Crippen molar-refractivity contribution in [1.29, 1.82) is 0 Å². The Kier molecular flexibility index (Phi) is 2.82. The second-order valence-corrected chi connectivity index (χ2v) is 6.22. The molecule has 1 aliphatic carbocycles. The first-order valence-electron chi connectivity index (χ1n) is 5.93. The largest absolute Gasteiger partial charge is 0.265 e. The van der Waals surface area contributed by atoms with Gasteiger partial charge in [0, 0.05) is 17.8 Å². The van der Waals surface area contributed by atoms with Crippen LogP contribution in [0.25, 0.3) is 11.0 Å². The van der Waals surface area contributed by atoms with Crippen molar-refractivity contribution in [1.82, 2.24) is 8.96 Å². The zero-order valence-corrected chi connectivity index (χ0v) is 11.0. The van der Waals surface area contributed by atoms with Gasteiger partial charge in [-0.1, -0.05) is 23.7 Å². The van der Waals surface area contributed by atoms with Crippen molar-refractivity contribution in [3.8, 4) is 0 Å². The number of fused-ring (bicyclic) bond motifs is 1. The highest BCUT2D eigenvalue weighted by atomic mass is 32.2. The first-order valence-corrected chi connectivity index (χ1v) is 7.37. The van der Waals surface area contributed by atoms with Crippen molar-refractivity contribution in [2.45, 2.75) is 12.8 Å². The van der Waals surface area contributed by atoms with Gasteiger partial charge < -0.3 is 0 Å². The Balaban J connectivity index is 2.22. The molecule has 0 bridgehead atoms. The number of allylic oxidation sites excluding steroid dienone is 4. The molecule has 0 atom stereocenters. The SMILES string of the molecule is [B]c1ccnc2c1ccn2S(=O)(=O)C1=CC=CCC1. The van der Waals surface area contributed by atoms with E-state index < -0.39 is 10.0 Å². The Bertz CT molecular complexity index is 803. The van der Waals surface area contributed by atoms with Crippen molar-refractivity contribution in [3.63, 3.8) is 0 Å². The van der Waals surface area contributed by atoms with Gasteiger partial charge in [-0.3, -0.25) is 0 Å². The zero-order chi connectivity index (χ0) is 13.5. The van der Waals surface area contributed by atoms with Crippen LogP contribution in [0.5, 0.6) is 0 Å². The highest BCUT2D eigenvalue weighted by molar-refractivity contribution is 7.93. The van der Waals surface area contributed by atoms with Crippen LogP contribution in [0.15, 0.2) is 47.7 Å². The van der Waals surface area contributed by atoms with E-state index >= 15 is 0 Å². The molecule has 3 rings (SSSR count).